The van der Waals surface area contributed by atoms with Crippen molar-refractivity contribution in [2.45, 2.75) is 25.6 Å². The van der Waals surface area contributed by atoms with Crippen LogP contribution < -0.4 is 4.90 Å². The first-order chi connectivity index (χ1) is 13.4. The van der Waals surface area contributed by atoms with E-state index in [9.17, 15) is 0 Å². The zero-order chi connectivity index (χ0) is 18.1. The molecule has 5 rings (SSSR count). The molecule has 0 radical (unpaired) electrons. The normalized spacial score (nSPS) is 24.6. The van der Waals surface area contributed by atoms with E-state index in [1.165, 1.54) is 11.9 Å². The Morgan fingerprint density at radius 1 is 1.00 bits per heavy atom. The average Bonchev–Trinajstić information content (AvgIpc) is 3.35. The van der Waals surface area contributed by atoms with Crippen LogP contribution in [-0.4, -0.2) is 84.7 Å². The fourth-order valence-corrected chi connectivity index (χ4v) is 4.42. The number of morpholine rings is 1. The van der Waals surface area contributed by atoms with Crippen LogP contribution in [0.1, 0.15) is 12.8 Å². The van der Waals surface area contributed by atoms with Crippen LogP contribution in [0.4, 0.5) is 5.95 Å². The highest BCUT2D eigenvalue weighted by Crippen LogP contribution is 2.28. The first kappa shape index (κ1) is 17.4. The number of nitrogens with zero attached hydrogens (tertiary/aromatic N) is 5. The Balaban J connectivity index is 1.35. The lowest BCUT2D eigenvalue weighted by molar-refractivity contribution is 0.0306. The standard InChI is InChI=1S/C20H29N5O2/c1-2-6-19-18(5-1)21-20-24(14-17-4-3-11-27-17)15-23(16-25(19)20)8-7-22-9-12-26-13-10-22/h1-2,5-6,17H,3-4,7-16H2. The number of hydrogen-bond acceptors (Lipinski definition) is 6. The smallest absolute Gasteiger partial charge is 0.208 e. The van der Waals surface area contributed by atoms with E-state index in [1.807, 2.05) is 0 Å². The van der Waals surface area contributed by atoms with E-state index in [0.29, 0.717) is 6.10 Å². The summed E-state index contributed by atoms with van der Waals surface area (Å²) in [5, 5.41) is 0. The van der Waals surface area contributed by atoms with Gasteiger partial charge in [0.05, 0.1) is 43.7 Å². The zero-order valence-electron chi connectivity index (χ0n) is 15.9. The summed E-state index contributed by atoms with van der Waals surface area (Å²) in [7, 11) is 0. The van der Waals surface area contributed by atoms with E-state index in [1.54, 1.807) is 0 Å². The fourth-order valence-electron chi connectivity index (χ4n) is 4.42. The summed E-state index contributed by atoms with van der Waals surface area (Å²) in [5.41, 5.74) is 2.31. The zero-order valence-corrected chi connectivity index (χ0v) is 15.9. The van der Waals surface area contributed by atoms with E-state index in [4.69, 9.17) is 14.5 Å². The highest BCUT2D eigenvalue weighted by Gasteiger charge is 2.29. The van der Waals surface area contributed by atoms with Gasteiger partial charge in [0, 0.05) is 39.3 Å². The molecule has 2 fully saturated rings. The van der Waals surface area contributed by atoms with Crippen LogP contribution in [0.5, 0.6) is 0 Å². The summed E-state index contributed by atoms with van der Waals surface area (Å²) in [6, 6.07) is 8.47. The van der Waals surface area contributed by atoms with Gasteiger partial charge in [0.25, 0.3) is 0 Å². The first-order valence-corrected chi connectivity index (χ1v) is 10.2. The Hall–Kier alpha value is -1.67. The number of imidazole rings is 1. The van der Waals surface area contributed by atoms with Gasteiger partial charge >= 0.3 is 0 Å². The van der Waals surface area contributed by atoms with Gasteiger partial charge < -0.3 is 14.4 Å². The summed E-state index contributed by atoms with van der Waals surface area (Å²) < 4.78 is 13.8. The number of ether oxygens (including phenoxy) is 2. The van der Waals surface area contributed by atoms with Gasteiger partial charge in [-0.15, -0.1) is 0 Å². The molecule has 0 N–H and O–H groups in total. The maximum Gasteiger partial charge on any atom is 0.208 e. The molecule has 1 aromatic heterocycles. The monoisotopic (exact) mass is 371 g/mol. The van der Waals surface area contributed by atoms with Crippen LogP contribution in [0.3, 0.4) is 0 Å². The molecule has 2 saturated heterocycles. The van der Waals surface area contributed by atoms with Crippen molar-refractivity contribution in [3.8, 4) is 0 Å². The van der Waals surface area contributed by atoms with Crippen molar-refractivity contribution in [1.82, 2.24) is 19.4 Å². The lowest BCUT2D eigenvalue weighted by Crippen LogP contribution is -2.50. The molecular weight excluding hydrogens is 342 g/mol. The molecule has 7 heteroatoms. The molecule has 2 aromatic rings. The maximum absolute atomic E-state index is 5.92. The molecule has 0 aliphatic carbocycles. The van der Waals surface area contributed by atoms with E-state index in [0.717, 1.165) is 83.8 Å². The summed E-state index contributed by atoms with van der Waals surface area (Å²) in [6.45, 7) is 9.64. The predicted octanol–water partition coefficient (Wildman–Crippen LogP) is 1.58. The summed E-state index contributed by atoms with van der Waals surface area (Å²) >= 11 is 0. The number of anilines is 1. The lowest BCUT2D eigenvalue weighted by atomic mass is 10.2. The molecule has 0 amide bonds. The van der Waals surface area contributed by atoms with E-state index in [-0.39, 0.29) is 0 Å². The minimum Gasteiger partial charge on any atom is -0.379 e. The van der Waals surface area contributed by atoms with E-state index >= 15 is 0 Å². The Kier molecular flexibility index (Phi) is 5.00. The minimum absolute atomic E-state index is 0.331. The Bertz CT molecular complexity index is 767. The van der Waals surface area contributed by atoms with Crippen LogP contribution in [0, 0.1) is 0 Å². The molecule has 3 aliphatic heterocycles. The van der Waals surface area contributed by atoms with Crippen LogP contribution >= 0.6 is 0 Å². The van der Waals surface area contributed by atoms with Crippen molar-refractivity contribution in [3.05, 3.63) is 24.3 Å². The minimum atomic E-state index is 0.331. The van der Waals surface area contributed by atoms with Crippen molar-refractivity contribution < 1.29 is 9.47 Å². The molecule has 0 saturated carbocycles. The van der Waals surface area contributed by atoms with Gasteiger partial charge in [0.15, 0.2) is 0 Å². The van der Waals surface area contributed by atoms with Crippen molar-refractivity contribution in [3.63, 3.8) is 0 Å². The number of benzene rings is 1. The van der Waals surface area contributed by atoms with Crippen LogP contribution in [-0.2, 0) is 16.1 Å². The third-order valence-corrected chi connectivity index (χ3v) is 5.91. The van der Waals surface area contributed by atoms with Crippen molar-refractivity contribution in [2.24, 2.45) is 0 Å². The second-order valence-corrected chi connectivity index (χ2v) is 7.82. The van der Waals surface area contributed by atoms with Gasteiger partial charge in [-0.2, -0.15) is 0 Å². The maximum atomic E-state index is 5.92. The highest BCUT2D eigenvalue weighted by atomic mass is 16.5. The van der Waals surface area contributed by atoms with Gasteiger partial charge in [0.2, 0.25) is 5.95 Å². The summed E-state index contributed by atoms with van der Waals surface area (Å²) in [5.74, 6) is 1.09. The van der Waals surface area contributed by atoms with Gasteiger partial charge in [-0.05, 0) is 25.0 Å². The van der Waals surface area contributed by atoms with Crippen LogP contribution in [0.2, 0.25) is 0 Å². The third-order valence-electron chi connectivity index (χ3n) is 5.91. The van der Waals surface area contributed by atoms with Gasteiger partial charge in [0.1, 0.15) is 0 Å². The lowest BCUT2D eigenvalue weighted by Gasteiger charge is -2.39. The number of hydrogen-bond donors (Lipinski definition) is 0. The second kappa shape index (κ2) is 7.75. The van der Waals surface area contributed by atoms with E-state index in [2.05, 4.69) is 43.5 Å². The molecule has 0 spiro atoms. The summed E-state index contributed by atoms with van der Waals surface area (Å²) in [4.78, 5) is 12.4. The first-order valence-electron chi connectivity index (χ1n) is 10.2. The summed E-state index contributed by atoms with van der Waals surface area (Å²) in [6.07, 6.45) is 2.66. The molecule has 1 atom stereocenters. The second-order valence-electron chi connectivity index (χ2n) is 7.82. The third kappa shape index (κ3) is 3.69. The molecule has 4 heterocycles. The average molecular weight is 371 g/mol. The molecule has 0 bridgehead atoms. The molecule has 1 aromatic carbocycles. The van der Waals surface area contributed by atoms with Crippen molar-refractivity contribution >= 4 is 17.0 Å². The Labute approximate surface area is 160 Å². The van der Waals surface area contributed by atoms with Crippen LogP contribution in [0.25, 0.3) is 11.0 Å². The van der Waals surface area contributed by atoms with Gasteiger partial charge in [-0.1, -0.05) is 12.1 Å². The molecule has 7 nitrogen and oxygen atoms in total. The molecule has 1 unspecified atom stereocenters. The fraction of sp³-hybridized carbons (Fsp3) is 0.650. The molecule has 146 valence electrons. The highest BCUT2D eigenvalue weighted by molar-refractivity contribution is 5.79. The predicted molar refractivity (Wildman–Crippen MR) is 105 cm³/mol. The largest absolute Gasteiger partial charge is 0.379 e. The molecule has 3 aliphatic rings. The van der Waals surface area contributed by atoms with Gasteiger partial charge in [-0.3, -0.25) is 14.4 Å². The SMILES string of the molecule is c1ccc2c(c1)nc1n2CN(CCN2CCOCC2)CN1CC1CCCO1. The number of fused-ring (bicyclic) bond motifs is 3. The number of para-hydroxylation sites is 2. The van der Waals surface area contributed by atoms with Gasteiger partial charge in [-0.25, -0.2) is 4.98 Å². The quantitative estimate of drug-likeness (QED) is 0.795. The molecule has 27 heavy (non-hydrogen) atoms. The van der Waals surface area contributed by atoms with Crippen molar-refractivity contribution in [2.75, 3.05) is 64.1 Å². The number of rotatable bonds is 5. The van der Waals surface area contributed by atoms with Crippen molar-refractivity contribution in [1.29, 1.82) is 0 Å². The van der Waals surface area contributed by atoms with E-state index < -0.39 is 0 Å². The van der Waals surface area contributed by atoms with Crippen LogP contribution in [0.15, 0.2) is 24.3 Å². The Morgan fingerprint density at radius 3 is 2.70 bits per heavy atom. The Morgan fingerprint density at radius 2 is 1.85 bits per heavy atom. The number of aromatic nitrogens is 2. The topological polar surface area (TPSA) is 46.0 Å². The molecular formula is C20H29N5O2.